The smallest absolute Gasteiger partial charge is 0.363 e. The summed E-state index contributed by atoms with van der Waals surface area (Å²) in [5, 5.41) is 14.6. The monoisotopic (exact) mass is 362 g/mol. The summed E-state index contributed by atoms with van der Waals surface area (Å²) in [6.07, 6.45) is -4.36. The van der Waals surface area contributed by atoms with Crippen LogP contribution in [0.4, 0.5) is 19.0 Å². The van der Waals surface area contributed by atoms with Crippen molar-refractivity contribution in [3.63, 3.8) is 0 Å². The average molecular weight is 362 g/mol. The van der Waals surface area contributed by atoms with E-state index in [0.29, 0.717) is 30.2 Å². The maximum absolute atomic E-state index is 13.0. The Balaban J connectivity index is 1.70. The maximum atomic E-state index is 13.0. The summed E-state index contributed by atoms with van der Waals surface area (Å²) >= 11 is 0. The van der Waals surface area contributed by atoms with Gasteiger partial charge in [0.25, 0.3) is 5.78 Å². The fraction of sp³-hybridized carbons (Fsp3) is 0.353. The minimum absolute atomic E-state index is 0.346. The second-order valence-electron chi connectivity index (χ2n) is 6.36. The molecule has 2 N–H and O–H groups in total. The van der Waals surface area contributed by atoms with Crippen LogP contribution in [0.2, 0.25) is 0 Å². The van der Waals surface area contributed by atoms with E-state index in [1.165, 1.54) is 6.07 Å². The molecule has 1 aromatic carbocycles. The quantitative estimate of drug-likeness (QED) is 0.749. The number of hydrogen-bond acceptors (Lipinski definition) is 5. The average Bonchev–Trinajstić information content (AvgIpc) is 3.21. The van der Waals surface area contributed by atoms with E-state index in [4.69, 9.17) is 0 Å². The van der Waals surface area contributed by atoms with Gasteiger partial charge in [-0.3, -0.25) is 4.40 Å². The molecule has 9 heteroatoms. The molecule has 3 heterocycles. The number of aromatic nitrogens is 4. The molecule has 0 radical (unpaired) electrons. The SMILES string of the molecule is Cc1nnc2nc(NC(C)c3cccc(C(F)(F)F)c3)c3c(n12)CNC3. The zero-order valence-electron chi connectivity index (χ0n) is 14.2. The molecule has 6 nitrogen and oxygen atoms in total. The van der Waals surface area contributed by atoms with Gasteiger partial charge in [0.2, 0.25) is 0 Å². The third-order valence-corrected chi connectivity index (χ3v) is 4.59. The Morgan fingerprint density at radius 2 is 2.04 bits per heavy atom. The number of benzene rings is 1. The first-order valence-electron chi connectivity index (χ1n) is 8.22. The molecule has 0 saturated carbocycles. The molecule has 26 heavy (non-hydrogen) atoms. The van der Waals surface area contributed by atoms with Crippen LogP contribution in [0, 0.1) is 6.92 Å². The molecule has 1 unspecified atom stereocenters. The number of rotatable bonds is 3. The van der Waals surface area contributed by atoms with Gasteiger partial charge in [-0.1, -0.05) is 12.1 Å². The molecule has 0 spiro atoms. The van der Waals surface area contributed by atoms with Crippen LogP contribution in [-0.4, -0.2) is 19.6 Å². The molecule has 0 bridgehead atoms. The van der Waals surface area contributed by atoms with Crippen LogP contribution >= 0.6 is 0 Å². The lowest BCUT2D eigenvalue weighted by atomic mass is 10.0. The molecule has 1 atom stereocenters. The molecule has 0 saturated heterocycles. The molecule has 136 valence electrons. The van der Waals surface area contributed by atoms with Crippen molar-refractivity contribution >= 4 is 11.6 Å². The van der Waals surface area contributed by atoms with E-state index in [0.717, 1.165) is 29.2 Å². The van der Waals surface area contributed by atoms with Crippen molar-refractivity contribution in [2.75, 3.05) is 5.32 Å². The summed E-state index contributed by atoms with van der Waals surface area (Å²) in [6, 6.07) is 4.98. The molecular formula is C17H17F3N6. The molecular weight excluding hydrogens is 345 g/mol. The highest BCUT2D eigenvalue weighted by atomic mass is 19.4. The number of anilines is 1. The molecule has 0 fully saturated rings. The van der Waals surface area contributed by atoms with Crippen LogP contribution in [0.1, 0.15) is 41.2 Å². The van der Waals surface area contributed by atoms with E-state index < -0.39 is 11.7 Å². The van der Waals surface area contributed by atoms with Crippen LogP contribution in [0.5, 0.6) is 0 Å². The summed E-state index contributed by atoms with van der Waals surface area (Å²) in [6.45, 7) is 4.97. The van der Waals surface area contributed by atoms with Gasteiger partial charge in [0, 0.05) is 30.4 Å². The number of alkyl halides is 3. The number of fused-ring (bicyclic) bond motifs is 3. The molecule has 0 amide bonds. The van der Waals surface area contributed by atoms with Crippen molar-refractivity contribution in [3.05, 3.63) is 52.5 Å². The normalized spacial score (nSPS) is 15.3. The minimum atomic E-state index is -4.36. The molecule has 1 aliphatic rings. The number of halogens is 3. The van der Waals surface area contributed by atoms with E-state index in [1.807, 2.05) is 18.2 Å². The van der Waals surface area contributed by atoms with Gasteiger partial charge in [0.1, 0.15) is 11.6 Å². The van der Waals surface area contributed by atoms with Gasteiger partial charge in [0.05, 0.1) is 5.56 Å². The Kier molecular flexibility index (Phi) is 3.83. The van der Waals surface area contributed by atoms with Gasteiger partial charge in [0.15, 0.2) is 0 Å². The number of nitrogens with one attached hydrogen (secondary N) is 2. The predicted octanol–water partition coefficient (Wildman–Crippen LogP) is 3.23. The fourth-order valence-corrected chi connectivity index (χ4v) is 3.25. The first kappa shape index (κ1) is 16.8. The Morgan fingerprint density at radius 1 is 1.23 bits per heavy atom. The summed E-state index contributed by atoms with van der Waals surface area (Å²) in [4.78, 5) is 4.52. The first-order chi connectivity index (χ1) is 12.3. The zero-order valence-corrected chi connectivity index (χ0v) is 14.2. The highest BCUT2D eigenvalue weighted by molar-refractivity contribution is 5.55. The lowest BCUT2D eigenvalue weighted by Gasteiger charge is -2.19. The molecule has 0 aliphatic carbocycles. The Labute approximate surface area is 147 Å². The maximum Gasteiger partial charge on any atom is 0.416 e. The van der Waals surface area contributed by atoms with E-state index in [1.54, 1.807) is 6.07 Å². The highest BCUT2D eigenvalue weighted by Crippen LogP contribution is 2.32. The van der Waals surface area contributed by atoms with Crippen molar-refractivity contribution < 1.29 is 13.2 Å². The second-order valence-corrected chi connectivity index (χ2v) is 6.36. The van der Waals surface area contributed by atoms with Crippen LogP contribution in [0.15, 0.2) is 24.3 Å². The van der Waals surface area contributed by atoms with Crippen molar-refractivity contribution in [1.29, 1.82) is 0 Å². The van der Waals surface area contributed by atoms with Crippen molar-refractivity contribution in [1.82, 2.24) is 24.9 Å². The Bertz CT molecular complexity index is 979. The van der Waals surface area contributed by atoms with Gasteiger partial charge < -0.3 is 10.6 Å². The number of hydrogen-bond donors (Lipinski definition) is 2. The second kappa shape index (κ2) is 5.94. The van der Waals surface area contributed by atoms with E-state index >= 15 is 0 Å². The van der Waals surface area contributed by atoms with Crippen molar-refractivity contribution in [2.45, 2.75) is 39.2 Å². The molecule has 4 rings (SSSR count). The van der Waals surface area contributed by atoms with Crippen LogP contribution in [-0.2, 0) is 19.3 Å². The summed E-state index contributed by atoms with van der Waals surface area (Å²) < 4.78 is 40.8. The minimum Gasteiger partial charge on any atom is -0.363 e. The highest BCUT2D eigenvalue weighted by Gasteiger charge is 2.31. The summed E-state index contributed by atoms with van der Waals surface area (Å²) in [7, 11) is 0. The lowest BCUT2D eigenvalue weighted by molar-refractivity contribution is -0.137. The predicted molar refractivity (Wildman–Crippen MR) is 89.5 cm³/mol. The fourth-order valence-electron chi connectivity index (χ4n) is 3.25. The summed E-state index contributed by atoms with van der Waals surface area (Å²) in [5.41, 5.74) is 1.89. The summed E-state index contributed by atoms with van der Waals surface area (Å²) in [5.74, 6) is 1.85. The standard InChI is InChI=1S/C17H17F3N6/c1-9(11-4-3-5-12(6-11)17(18,19)20)22-15-13-7-21-8-14(13)26-10(2)24-25-16(26)23-15/h3-6,9,21H,7-8H2,1-2H3,(H,22,23,25). The Hall–Kier alpha value is -2.68. The van der Waals surface area contributed by atoms with Gasteiger partial charge in [-0.05, 0) is 31.5 Å². The third-order valence-electron chi connectivity index (χ3n) is 4.59. The first-order valence-corrected chi connectivity index (χ1v) is 8.22. The zero-order chi connectivity index (χ0) is 18.5. The van der Waals surface area contributed by atoms with E-state index in [2.05, 4.69) is 25.8 Å². The van der Waals surface area contributed by atoms with Gasteiger partial charge in [-0.2, -0.15) is 18.2 Å². The van der Waals surface area contributed by atoms with E-state index in [9.17, 15) is 13.2 Å². The van der Waals surface area contributed by atoms with Gasteiger partial charge >= 0.3 is 6.18 Å². The number of nitrogens with zero attached hydrogens (tertiary/aromatic N) is 4. The van der Waals surface area contributed by atoms with Crippen LogP contribution in [0.3, 0.4) is 0 Å². The van der Waals surface area contributed by atoms with Crippen molar-refractivity contribution in [2.24, 2.45) is 0 Å². The third kappa shape index (κ3) is 2.78. The largest absolute Gasteiger partial charge is 0.416 e. The van der Waals surface area contributed by atoms with Gasteiger partial charge in [-0.25, -0.2) is 0 Å². The van der Waals surface area contributed by atoms with E-state index in [-0.39, 0.29) is 6.04 Å². The topological polar surface area (TPSA) is 67.1 Å². The van der Waals surface area contributed by atoms with Gasteiger partial charge in [-0.15, -0.1) is 10.2 Å². The Morgan fingerprint density at radius 3 is 2.81 bits per heavy atom. The van der Waals surface area contributed by atoms with Crippen LogP contribution < -0.4 is 10.6 Å². The molecule has 2 aromatic heterocycles. The number of aryl methyl sites for hydroxylation is 1. The lowest BCUT2D eigenvalue weighted by Crippen LogP contribution is -2.13. The molecule has 1 aliphatic heterocycles. The van der Waals surface area contributed by atoms with Crippen LogP contribution in [0.25, 0.3) is 5.78 Å². The molecule has 3 aromatic rings. The van der Waals surface area contributed by atoms with Crippen molar-refractivity contribution in [3.8, 4) is 0 Å².